The van der Waals surface area contributed by atoms with Gasteiger partial charge in [-0.15, -0.1) is 0 Å². The second kappa shape index (κ2) is 6.81. The first-order valence-corrected chi connectivity index (χ1v) is 8.09. The Labute approximate surface area is 128 Å². The maximum Gasteiger partial charge on any atom is 0.307 e. The standard InChI is InChI=1S/C15H13BrO3S/c16-13-5-7-14(8-6-13)20(19)10-12-3-1-11(2-4-12)9-15(17)18/h1-8H,9-10H2,(H,17,18). The van der Waals surface area contributed by atoms with E-state index < -0.39 is 16.8 Å². The highest BCUT2D eigenvalue weighted by Gasteiger charge is 2.06. The number of hydrogen-bond donors (Lipinski definition) is 1. The van der Waals surface area contributed by atoms with Gasteiger partial charge in [0.25, 0.3) is 0 Å². The minimum atomic E-state index is -1.10. The predicted molar refractivity (Wildman–Crippen MR) is 82.0 cm³/mol. The molecule has 1 atom stereocenters. The molecular formula is C15H13BrO3S. The van der Waals surface area contributed by atoms with Gasteiger partial charge in [0.1, 0.15) is 0 Å². The lowest BCUT2D eigenvalue weighted by Gasteiger charge is -2.04. The van der Waals surface area contributed by atoms with Gasteiger partial charge in [0, 0.05) is 9.37 Å². The molecule has 3 nitrogen and oxygen atoms in total. The number of benzene rings is 2. The lowest BCUT2D eigenvalue weighted by Crippen LogP contribution is -2.01. The van der Waals surface area contributed by atoms with Gasteiger partial charge in [-0.25, -0.2) is 0 Å². The fraction of sp³-hybridized carbons (Fsp3) is 0.133. The number of halogens is 1. The van der Waals surface area contributed by atoms with E-state index in [1.807, 2.05) is 36.4 Å². The van der Waals surface area contributed by atoms with Gasteiger partial charge in [0.05, 0.1) is 23.0 Å². The summed E-state index contributed by atoms with van der Waals surface area (Å²) < 4.78 is 13.1. The fourth-order valence-electron chi connectivity index (χ4n) is 1.75. The molecule has 0 amide bonds. The lowest BCUT2D eigenvalue weighted by atomic mass is 10.1. The van der Waals surface area contributed by atoms with Gasteiger partial charge in [0.2, 0.25) is 0 Å². The summed E-state index contributed by atoms with van der Waals surface area (Å²) in [5.74, 6) is -0.425. The molecule has 0 radical (unpaired) electrons. The molecule has 5 heteroatoms. The van der Waals surface area contributed by atoms with Crippen molar-refractivity contribution in [3.63, 3.8) is 0 Å². The van der Waals surface area contributed by atoms with Gasteiger partial charge < -0.3 is 5.11 Å². The largest absolute Gasteiger partial charge is 0.481 e. The minimum absolute atomic E-state index is 0.0100. The van der Waals surface area contributed by atoms with Crippen molar-refractivity contribution in [1.29, 1.82) is 0 Å². The Balaban J connectivity index is 2.04. The zero-order valence-electron chi connectivity index (χ0n) is 10.6. The highest BCUT2D eigenvalue weighted by atomic mass is 79.9. The molecule has 0 heterocycles. The van der Waals surface area contributed by atoms with Gasteiger partial charge in [-0.2, -0.15) is 0 Å². The summed E-state index contributed by atoms with van der Waals surface area (Å²) in [6, 6.07) is 14.6. The number of carboxylic acids is 1. The van der Waals surface area contributed by atoms with Crippen LogP contribution in [0.1, 0.15) is 11.1 Å². The van der Waals surface area contributed by atoms with E-state index in [0.29, 0.717) is 5.75 Å². The van der Waals surface area contributed by atoms with Gasteiger partial charge in [-0.1, -0.05) is 40.2 Å². The zero-order chi connectivity index (χ0) is 14.5. The molecule has 0 bridgehead atoms. The van der Waals surface area contributed by atoms with Crippen LogP contribution in [0, 0.1) is 0 Å². The Bertz CT molecular complexity index is 621. The van der Waals surface area contributed by atoms with E-state index in [-0.39, 0.29) is 6.42 Å². The van der Waals surface area contributed by atoms with E-state index in [1.54, 1.807) is 12.1 Å². The number of aliphatic carboxylic acids is 1. The first-order chi connectivity index (χ1) is 9.54. The molecule has 1 N–H and O–H groups in total. The fourth-order valence-corrected chi connectivity index (χ4v) is 3.11. The maximum absolute atomic E-state index is 12.2. The first-order valence-electron chi connectivity index (χ1n) is 5.98. The number of rotatable bonds is 5. The summed E-state index contributed by atoms with van der Waals surface area (Å²) in [6.45, 7) is 0. The zero-order valence-corrected chi connectivity index (χ0v) is 13.0. The second-order valence-electron chi connectivity index (χ2n) is 4.33. The quantitative estimate of drug-likeness (QED) is 0.897. The molecule has 2 aromatic rings. The Kier molecular flexibility index (Phi) is 5.09. The van der Waals surface area contributed by atoms with Crippen LogP contribution >= 0.6 is 15.9 Å². The molecule has 0 aromatic heterocycles. The van der Waals surface area contributed by atoms with Crippen LogP contribution < -0.4 is 0 Å². The Morgan fingerprint density at radius 3 is 2.10 bits per heavy atom. The van der Waals surface area contributed by atoms with E-state index in [0.717, 1.165) is 20.5 Å². The predicted octanol–water partition coefficient (Wildman–Crippen LogP) is 3.38. The van der Waals surface area contributed by atoms with Crippen molar-refractivity contribution in [2.45, 2.75) is 17.1 Å². The summed E-state index contributed by atoms with van der Waals surface area (Å²) in [5.41, 5.74) is 1.68. The molecule has 0 aliphatic carbocycles. The van der Waals surface area contributed by atoms with E-state index in [4.69, 9.17) is 5.11 Å². The Hall–Kier alpha value is -1.46. The van der Waals surface area contributed by atoms with E-state index >= 15 is 0 Å². The third kappa shape index (κ3) is 4.28. The number of carboxylic acid groups (broad SMARTS) is 1. The Morgan fingerprint density at radius 1 is 1.00 bits per heavy atom. The first kappa shape index (κ1) is 14.9. The molecule has 0 saturated carbocycles. The van der Waals surface area contributed by atoms with Crippen molar-refractivity contribution in [1.82, 2.24) is 0 Å². The molecule has 1 unspecified atom stereocenters. The SMILES string of the molecule is O=C(O)Cc1ccc(CS(=O)c2ccc(Br)cc2)cc1. The van der Waals surface area contributed by atoms with E-state index in [2.05, 4.69) is 15.9 Å². The lowest BCUT2D eigenvalue weighted by molar-refractivity contribution is -0.136. The van der Waals surface area contributed by atoms with Crippen molar-refractivity contribution >= 4 is 32.7 Å². The summed E-state index contributed by atoms with van der Waals surface area (Å²) in [7, 11) is -1.10. The van der Waals surface area contributed by atoms with E-state index in [9.17, 15) is 9.00 Å². The van der Waals surface area contributed by atoms with Crippen molar-refractivity contribution in [3.8, 4) is 0 Å². The molecule has 0 aliphatic rings. The van der Waals surface area contributed by atoms with Crippen LogP contribution in [0.2, 0.25) is 0 Å². The third-order valence-corrected chi connectivity index (χ3v) is 4.67. The molecule has 2 aromatic carbocycles. The summed E-state index contributed by atoms with van der Waals surface area (Å²) in [6.07, 6.45) is 0.0100. The molecule has 0 aliphatic heterocycles. The van der Waals surface area contributed by atoms with Crippen molar-refractivity contribution in [2.75, 3.05) is 0 Å². The molecule has 0 spiro atoms. The molecule has 0 saturated heterocycles. The monoisotopic (exact) mass is 352 g/mol. The second-order valence-corrected chi connectivity index (χ2v) is 6.70. The third-order valence-electron chi connectivity index (χ3n) is 2.75. The maximum atomic E-state index is 12.2. The topological polar surface area (TPSA) is 54.4 Å². The molecule has 20 heavy (non-hydrogen) atoms. The van der Waals surface area contributed by atoms with Crippen LogP contribution in [0.5, 0.6) is 0 Å². The smallest absolute Gasteiger partial charge is 0.307 e. The van der Waals surface area contributed by atoms with Crippen molar-refractivity contribution in [2.24, 2.45) is 0 Å². The van der Waals surface area contributed by atoms with Gasteiger partial charge in [0.15, 0.2) is 0 Å². The molecule has 104 valence electrons. The van der Waals surface area contributed by atoms with Crippen molar-refractivity contribution in [3.05, 3.63) is 64.1 Å². The normalized spacial score (nSPS) is 12.1. The van der Waals surface area contributed by atoms with Crippen LogP contribution in [-0.4, -0.2) is 15.3 Å². The average molecular weight is 353 g/mol. The highest BCUT2D eigenvalue weighted by Crippen LogP contribution is 2.16. The molecule has 0 fully saturated rings. The van der Waals surface area contributed by atoms with Crippen LogP contribution in [0.25, 0.3) is 0 Å². The van der Waals surface area contributed by atoms with Crippen molar-refractivity contribution < 1.29 is 14.1 Å². The Morgan fingerprint density at radius 2 is 1.55 bits per heavy atom. The van der Waals surface area contributed by atoms with Crippen LogP contribution in [-0.2, 0) is 27.8 Å². The minimum Gasteiger partial charge on any atom is -0.481 e. The summed E-state index contributed by atoms with van der Waals surface area (Å²) in [5, 5.41) is 8.70. The summed E-state index contributed by atoms with van der Waals surface area (Å²) in [4.78, 5) is 11.4. The average Bonchev–Trinajstić information content (AvgIpc) is 2.41. The van der Waals surface area contributed by atoms with Crippen LogP contribution in [0.4, 0.5) is 0 Å². The van der Waals surface area contributed by atoms with Crippen LogP contribution in [0.15, 0.2) is 57.9 Å². The van der Waals surface area contributed by atoms with Gasteiger partial charge >= 0.3 is 5.97 Å². The van der Waals surface area contributed by atoms with E-state index in [1.165, 1.54) is 0 Å². The number of carbonyl (C=O) groups is 1. The van der Waals surface area contributed by atoms with Crippen LogP contribution in [0.3, 0.4) is 0 Å². The van der Waals surface area contributed by atoms with Gasteiger partial charge in [-0.3, -0.25) is 9.00 Å². The molecular weight excluding hydrogens is 340 g/mol. The summed E-state index contributed by atoms with van der Waals surface area (Å²) >= 11 is 3.34. The molecule has 2 rings (SSSR count). The highest BCUT2D eigenvalue weighted by molar-refractivity contribution is 9.10. The van der Waals surface area contributed by atoms with Gasteiger partial charge in [-0.05, 0) is 35.4 Å². The number of hydrogen-bond acceptors (Lipinski definition) is 2.